The van der Waals surface area contributed by atoms with E-state index in [2.05, 4.69) is 6.07 Å². The van der Waals surface area contributed by atoms with Crippen LogP contribution in [0.1, 0.15) is 5.56 Å². The van der Waals surface area contributed by atoms with Crippen molar-refractivity contribution in [3.63, 3.8) is 0 Å². The second kappa shape index (κ2) is 7.65. The SMILES string of the molecule is O=c1cc(-c2ccccc2)cc(-c2ccccc2)n1Cc1ccccc1Cl. The van der Waals surface area contributed by atoms with Crippen LogP contribution in [-0.4, -0.2) is 4.57 Å². The number of aromatic nitrogens is 1. The minimum Gasteiger partial charge on any atom is -0.304 e. The zero-order valence-electron chi connectivity index (χ0n) is 14.7. The number of hydrogen-bond donors (Lipinski definition) is 0. The highest BCUT2D eigenvalue weighted by atomic mass is 35.5. The van der Waals surface area contributed by atoms with E-state index in [0.29, 0.717) is 11.6 Å². The molecule has 0 atom stereocenters. The van der Waals surface area contributed by atoms with Gasteiger partial charge >= 0.3 is 0 Å². The van der Waals surface area contributed by atoms with Gasteiger partial charge < -0.3 is 4.57 Å². The molecule has 3 heteroatoms. The maximum atomic E-state index is 13.0. The largest absolute Gasteiger partial charge is 0.304 e. The summed E-state index contributed by atoms with van der Waals surface area (Å²) in [5, 5.41) is 0.663. The van der Waals surface area contributed by atoms with Gasteiger partial charge in [-0.25, -0.2) is 0 Å². The summed E-state index contributed by atoms with van der Waals surface area (Å²) < 4.78 is 1.78. The average molecular weight is 372 g/mol. The van der Waals surface area contributed by atoms with Gasteiger partial charge in [-0.3, -0.25) is 4.79 Å². The van der Waals surface area contributed by atoms with Crippen LogP contribution >= 0.6 is 11.6 Å². The topological polar surface area (TPSA) is 22.0 Å². The standard InChI is InChI=1S/C24H18ClNO/c25-22-14-8-7-13-20(22)17-26-23(19-11-5-2-6-12-19)15-21(16-24(26)27)18-9-3-1-4-10-18/h1-16H,17H2. The Morgan fingerprint density at radius 1 is 0.667 bits per heavy atom. The second-order valence-electron chi connectivity index (χ2n) is 6.38. The Morgan fingerprint density at radius 2 is 1.26 bits per heavy atom. The molecule has 0 fully saturated rings. The van der Waals surface area contributed by atoms with Gasteiger partial charge in [0, 0.05) is 11.1 Å². The van der Waals surface area contributed by atoms with Crippen LogP contribution in [-0.2, 0) is 6.54 Å². The number of rotatable bonds is 4. The number of nitrogens with zero attached hydrogens (tertiary/aromatic N) is 1. The molecule has 0 saturated heterocycles. The van der Waals surface area contributed by atoms with Crippen molar-refractivity contribution in [3.05, 3.63) is 118 Å². The molecule has 3 aromatic carbocycles. The molecule has 0 saturated carbocycles. The summed E-state index contributed by atoms with van der Waals surface area (Å²) in [5.74, 6) is 0. The van der Waals surface area contributed by atoms with Crippen LogP contribution in [0, 0.1) is 0 Å². The molecule has 2 nitrogen and oxygen atoms in total. The molecule has 0 radical (unpaired) electrons. The molecule has 132 valence electrons. The highest BCUT2D eigenvalue weighted by Crippen LogP contribution is 2.26. The minimum atomic E-state index is -0.0462. The van der Waals surface area contributed by atoms with Gasteiger partial charge in [0.25, 0.3) is 5.56 Å². The molecule has 0 spiro atoms. The van der Waals surface area contributed by atoms with Crippen LogP contribution in [0.25, 0.3) is 22.4 Å². The maximum absolute atomic E-state index is 13.0. The van der Waals surface area contributed by atoms with Gasteiger partial charge in [-0.1, -0.05) is 90.5 Å². The van der Waals surface area contributed by atoms with Crippen molar-refractivity contribution in [2.75, 3.05) is 0 Å². The molecule has 1 aromatic heterocycles. The quantitative estimate of drug-likeness (QED) is 0.438. The maximum Gasteiger partial charge on any atom is 0.251 e. The predicted molar refractivity (Wildman–Crippen MR) is 112 cm³/mol. The first-order valence-electron chi connectivity index (χ1n) is 8.81. The van der Waals surface area contributed by atoms with Crippen LogP contribution < -0.4 is 5.56 Å². The van der Waals surface area contributed by atoms with Crippen LogP contribution in [0.15, 0.2) is 102 Å². The zero-order chi connectivity index (χ0) is 18.6. The first-order valence-corrected chi connectivity index (χ1v) is 9.19. The molecule has 1 heterocycles. The molecule has 0 aliphatic heterocycles. The monoisotopic (exact) mass is 371 g/mol. The number of halogens is 1. The number of pyridine rings is 1. The van der Waals surface area contributed by atoms with Gasteiger partial charge in [-0.2, -0.15) is 0 Å². The van der Waals surface area contributed by atoms with Crippen LogP contribution in [0.3, 0.4) is 0 Å². The molecule has 4 aromatic rings. The van der Waals surface area contributed by atoms with Crippen molar-refractivity contribution in [2.24, 2.45) is 0 Å². The average Bonchev–Trinajstić information content (AvgIpc) is 2.72. The number of benzene rings is 3. The van der Waals surface area contributed by atoms with Gasteiger partial charge in [0.05, 0.1) is 12.2 Å². The molecule has 0 bridgehead atoms. The molecular weight excluding hydrogens is 354 g/mol. The van der Waals surface area contributed by atoms with E-state index in [4.69, 9.17) is 11.6 Å². The van der Waals surface area contributed by atoms with Crippen molar-refractivity contribution in [3.8, 4) is 22.4 Å². The van der Waals surface area contributed by atoms with Gasteiger partial charge in [-0.15, -0.1) is 0 Å². The number of hydrogen-bond acceptors (Lipinski definition) is 1. The van der Waals surface area contributed by atoms with Gasteiger partial charge in [0.1, 0.15) is 0 Å². The summed E-state index contributed by atoms with van der Waals surface area (Å²) in [6.07, 6.45) is 0. The molecule has 0 aliphatic rings. The summed E-state index contributed by atoms with van der Waals surface area (Å²) >= 11 is 6.34. The lowest BCUT2D eigenvalue weighted by Crippen LogP contribution is -2.22. The van der Waals surface area contributed by atoms with Gasteiger partial charge in [0.2, 0.25) is 0 Å². The third-order valence-corrected chi connectivity index (χ3v) is 4.96. The van der Waals surface area contributed by atoms with E-state index in [1.54, 1.807) is 10.6 Å². The lowest BCUT2D eigenvalue weighted by atomic mass is 10.0. The Morgan fingerprint density at radius 3 is 1.93 bits per heavy atom. The van der Waals surface area contributed by atoms with E-state index in [-0.39, 0.29) is 5.56 Å². The van der Waals surface area contributed by atoms with E-state index < -0.39 is 0 Å². The molecule has 0 unspecified atom stereocenters. The van der Waals surface area contributed by atoms with E-state index in [9.17, 15) is 4.79 Å². The van der Waals surface area contributed by atoms with Crippen molar-refractivity contribution in [2.45, 2.75) is 6.54 Å². The van der Waals surface area contributed by atoms with Crippen molar-refractivity contribution in [1.29, 1.82) is 0 Å². The fourth-order valence-electron chi connectivity index (χ4n) is 3.20. The Bertz CT molecular complexity index is 1120. The zero-order valence-corrected chi connectivity index (χ0v) is 15.4. The third kappa shape index (κ3) is 3.71. The van der Waals surface area contributed by atoms with Crippen molar-refractivity contribution >= 4 is 11.6 Å². The molecule has 0 N–H and O–H groups in total. The first kappa shape index (κ1) is 17.3. The summed E-state index contributed by atoms with van der Waals surface area (Å²) in [4.78, 5) is 13.0. The van der Waals surface area contributed by atoms with Crippen LogP contribution in [0.5, 0.6) is 0 Å². The smallest absolute Gasteiger partial charge is 0.251 e. The lowest BCUT2D eigenvalue weighted by Gasteiger charge is -2.16. The highest BCUT2D eigenvalue weighted by Gasteiger charge is 2.12. The Hall–Kier alpha value is -3.10. The van der Waals surface area contributed by atoms with E-state index in [0.717, 1.165) is 27.9 Å². The van der Waals surface area contributed by atoms with E-state index in [1.807, 2.05) is 84.9 Å². The van der Waals surface area contributed by atoms with E-state index >= 15 is 0 Å². The first-order chi connectivity index (χ1) is 13.2. The molecular formula is C24H18ClNO. The summed E-state index contributed by atoms with van der Waals surface area (Å²) in [6.45, 7) is 0.428. The molecule has 0 amide bonds. The van der Waals surface area contributed by atoms with Gasteiger partial charge in [-0.05, 0) is 34.4 Å². The third-order valence-electron chi connectivity index (χ3n) is 4.59. The molecule has 27 heavy (non-hydrogen) atoms. The molecule has 4 rings (SSSR count). The van der Waals surface area contributed by atoms with Crippen molar-refractivity contribution < 1.29 is 0 Å². The van der Waals surface area contributed by atoms with Crippen LogP contribution in [0.4, 0.5) is 0 Å². The highest BCUT2D eigenvalue weighted by molar-refractivity contribution is 6.31. The fraction of sp³-hybridized carbons (Fsp3) is 0.0417. The molecule has 0 aliphatic carbocycles. The van der Waals surface area contributed by atoms with Crippen LogP contribution in [0.2, 0.25) is 5.02 Å². The summed E-state index contributed by atoms with van der Waals surface area (Å²) in [7, 11) is 0. The van der Waals surface area contributed by atoms with E-state index in [1.165, 1.54) is 0 Å². The minimum absolute atomic E-state index is 0.0462. The second-order valence-corrected chi connectivity index (χ2v) is 6.78. The van der Waals surface area contributed by atoms with Crippen molar-refractivity contribution in [1.82, 2.24) is 4.57 Å². The Labute approximate surface area is 163 Å². The summed E-state index contributed by atoms with van der Waals surface area (Å²) in [5.41, 5.74) is 4.69. The lowest BCUT2D eigenvalue weighted by molar-refractivity contribution is 0.769. The Balaban J connectivity index is 1.90. The normalized spacial score (nSPS) is 10.7. The predicted octanol–water partition coefficient (Wildman–Crippen LogP) is 5.88. The Kier molecular flexibility index (Phi) is 4.91. The van der Waals surface area contributed by atoms with Gasteiger partial charge in [0.15, 0.2) is 0 Å². The fourth-order valence-corrected chi connectivity index (χ4v) is 3.40. The summed E-state index contributed by atoms with van der Waals surface area (Å²) in [6, 6.07) is 31.3.